The van der Waals surface area contributed by atoms with Crippen molar-refractivity contribution in [2.75, 3.05) is 39.3 Å². The topological polar surface area (TPSA) is 32.8 Å². The summed E-state index contributed by atoms with van der Waals surface area (Å²) < 4.78 is 5.33. The lowest BCUT2D eigenvalue weighted by molar-refractivity contribution is 0.0762. The molecule has 2 fully saturated rings. The monoisotopic (exact) mass is 324 g/mol. The van der Waals surface area contributed by atoms with E-state index in [1.54, 1.807) is 0 Å². The summed E-state index contributed by atoms with van der Waals surface area (Å²) in [6, 6.07) is 0. The molecule has 4 heteroatoms. The smallest absolute Gasteiger partial charge is 0.409 e. The fourth-order valence-electron chi connectivity index (χ4n) is 3.72. The van der Waals surface area contributed by atoms with E-state index in [2.05, 4.69) is 25.7 Å². The lowest BCUT2D eigenvalue weighted by Crippen LogP contribution is -2.40. The molecule has 2 heterocycles. The number of ether oxygens (including phenoxy) is 1. The van der Waals surface area contributed by atoms with Crippen LogP contribution in [-0.2, 0) is 4.74 Å². The first kappa shape index (κ1) is 18.6. The third-order valence-corrected chi connectivity index (χ3v) is 5.55. The van der Waals surface area contributed by atoms with E-state index < -0.39 is 0 Å². The zero-order chi connectivity index (χ0) is 16.7. The molecule has 0 aromatic heterocycles. The molecule has 134 valence electrons. The summed E-state index contributed by atoms with van der Waals surface area (Å²) in [4.78, 5) is 16.5. The van der Waals surface area contributed by atoms with Crippen LogP contribution in [-0.4, -0.2) is 55.2 Å². The predicted octanol–water partition coefficient (Wildman–Crippen LogP) is 4.00. The fraction of sp³-hybridized carbons (Fsp3) is 0.947. The van der Waals surface area contributed by atoms with Gasteiger partial charge >= 0.3 is 6.09 Å². The van der Waals surface area contributed by atoms with Gasteiger partial charge in [-0.3, -0.25) is 0 Å². The summed E-state index contributed by atoms with van der Waals surface area (Å²) in [6.07, 6.45) is 7.58. The van der Waals surface area contributed by atoms with Crippen molar-refractivity contribution in [3.05, 3.63) is 0 Å². The summed E-state index contributed by atoms with van der Waals surface area (Å²) in [7, 11) is 0. The molecule has 0 aliphatic carbocycles. The Morgan fingerprint density at radius 3 is 2.22 bits per heavy atom. The van der Waals surface area contributed by atoms with Crippen molar-refractivity contribution in [1.82, 2.24) is 9.80 Å². The zero-order valence-corrected chi connectivity index (χ0v) is 15.4. The second kappa shape index (κ2) is 9.51. The quantitative estimate of drug-likeness (QED) is 0.740. The zero-order valence-electron chi connectivity index (χ0n) is 15.4. The molecule has 0 radical (unpaired) electrons. The number of nitrogens with zero attached hydrogens (tertiary/aromatic N) is 2. The van der Waals surface area contributed by atoms with Gasteiger partial charge in [0, 0.05) is 13.1 Å². The first-order chi connectivity index (χ1) is 11.1. The summed E-state index contributed by atoms with van der Waals surface area (Å²) in [5.41, 5.74) is 0. The fourth-order valence-corrected chi connectivity index (χ4v) is 3.72. The second-order valence-electron chi connectivity index (χ2n) is 7.88. The van der Waals surface area contributed by atoms with Crippen LogP contribution >= 0.6 is 0 Å². The first-order valence-electron chi connectivity index (χ1n) is 9.72. The Kier molecular flexibility index (Phi) is 7.68. The van der Waals surface area contributed by atoms with Crippen molar-refractivity contribution < 1.29 is 9.53 Å². The summed E-state index contributed by atoms with van der Waals surface area (Å²) in [5, 5.41) is 0. The van der Waals surface area contributed by atoms with Gasteiger partial charge in [-0.1, -0.05) is 27.2 Å². The van der Waals surface area contributed by atoms with Crippen LogP contribution in [0.3, 0.4) is 0 Å². The van der Waals surface area contributed by atoms with Crippen LogP contribution in [0.15, 0.2) is 0 Å². The van der Waals surface area contributed by atoms with E-state index in [4.69, 9.17) is 4.74 Å². The minimum atomic E-state index is -0.112. The predicted molar refractivity (Wildman–Crippen MR) is 94.6 cm³/mol. The number of carbonyl (C=O) groups excluding carboxylic acids is 1. The molecule has 0 bridgehead atoms. The van der Waals surface area contributed by atoms with Gasteiger partial charge < -0.3 is 14.5 Å². The van der Waals surface area contributed by atoms with Gasteiger partial charge in [0.05, 0.1) is 6.61 Å². The molecule has 2 aliphatic rings. The van der Waals surface area contributed by atoms with Crippen LogP contribution in [0, 0.1) is 17.8 Å². The van der Waals surface area contributed by atoms with Gasteiger partial charge in [0.1, 0.15) is 0 Å². The van der Waals surface area contributed by atoms with E-state index in [1.807, 2.05) is 4.90 Å². The van der Waals surface area contributed by atoms with E-state index in [-0.39, 0.29) is 6.09 Å². The van der Waals surface area contributed by atoms with Gasteiger partial charge in [-0.15, -0.1) is 0 Å². The Labute approximate surface area is 142 Å². The standard InChI is InChI=1S/C19H36N2O2/c1-4-17-5-10-20(11-6-17)12-7-18-8-13-21(14-9-18)19(22)23-15-16(2)3/h16-18H,4-15H2,1-3H3. The lowest BCUT2D eigenvalue weighted by Gasteiger charge is -2.35. The van der Waals surface area contributed by atoms with Gasteiger partial charge in [-0.2, -0.15) is 0 Å². The molecular formula is C19H36N2O2. The molecule has 0 saturated carbocycles. The molecule has 2 aliphatic heterocycles. The Morgan fingerprint density at radius 2 is 1.65 bits per heavy atom. The number of hydrogen-bond acceptors (Lipinski definition) is 3. The van der Waals surface area contributed by atoms with Crippen molar-refractivity contribution >= 4 is 6.09 Å². The number of likely N-dealkylation sites (tertiary alicyclic amines) is 2. The molecule has 0 aromatic carbocycles. The van der Waals surface area contributed by atoms with Gasteiger partial charge in [-0.05, 0) is 69.5 Å². The largest absolute Gasteiger partial charge is 0.449 e. The van der Waals surface area contributed by atoms with Gasteiger partial charge in [-0.25, -0.2) is 4.79 Å². The van der Waals surface area contributed by atoms with Gasteiger partial charge in [0.15, 0.2) is 0 Å². The number of rotatable bonds is 6. The first-order valence-corrected chi connectivity index (χ1v) is 9.72. The average Bonchev–Trinajstić information content (AvgIpc) is 2.58. The van der Waals surface area contributed by atoms with Crippen molar-refractivity contribution in [2.45, 2.75) is 59.3 Å². The highest BCUT2D eigenvalue weighted by Gasteiger charge is 2.25. The SMILES string of the molecule is CCC1CCN(CCC2CCN(C(=O)OCC(C)C)CC2)CC1. The molecule has 0 unspecified atom stereocenters. The van der Waals surface area contributed by atoms with Crippen LogP contribution in [0.2, 0.25) is 0 Å². The Bertz CT molecular complexity index is 343. The molecule has 0 aromatic rings. The third kappa shape index (κ3) is 6.33. The van der Waals surface area contributed by atoms with E-state index in [0.29, 0.717) is 12.5 Å². The molecule has 1 amide bonds. The summed E-state index contributed by atoms with van der Waals surface area (Å²) in [5.74, 6) is 2.16. The van der Waals surface area contributed by atoms with Crippen LogP contribution < -0.4 is 0 Å². The van der Waals surface area contributed by atoms with Gasteiger partial charge in [0.2, 0.25) is 0 Å². The van der Waals surface area contributed by atoms with Crippen molar-refractivity contribution in [3.63, 3.8) is 0 Å². The Hall–Kier alpha value is -0.770. The van der Waals surface area contributed by atoms with Crippen molar-refractivity contribution in [1.29, 1.82) is 0 Å². The van der Waals surface area contributed by atoms with E-state index >= 15 is 0 Å². The molecule has 2 saturated heterocycles. The molecule has 23 heavy (non-hydrogen) atoms. The number of amides is 1. The van der Waals surface area contributed by atoms with Crippen LogP contribution in [0.25, 0.3) is 0 Å². The number of hydrogen-bond donors (Lipinski definition) is 0. The molecule has 0 N–H and O–H groups in total. The Morgan fingerprint density at radius 1 is 1.04 bits per heavy atom. The number of piperidine rings is 2. The molecular weight excluding hydrogens is 288 g/mol. The summed E-state index contributed by atoms with van der Waals surface area (Å²) >= 11 is 0. The van der Waals surface area contributed by atoms with Crippen molar-refractivity contribution in [2.24, 2.45) is 17.8 Å². The highest BCUT2D eigenvalue weighted by Crippen LogP contribution is 2.24. The lowest BCUT2D eigenvalue weighted by atomic mass is 9.91. The van der Waals surface area contributed by atoms with E-state index in [1.165, 1.54) is 45.3 Å². The summed E-state index contributed by atoms with van der Waals surface area (Å²) in [6.45, 7) is 12.6. The minimum absolute atomic E-state index is 0.112. The molecule has 0 spiro atoms. The van der Waals surface area contributed by atoms with Gasteiger partial charge in [0.25, 0.3) is 0 Å². The number of carbonyl (C=O) groups is 1. The van der Waals surface area contributed by atoms with Crippen LogP contribution in [0.1, 0.15) is 59.3 Å². The Balaban J connectivity index is 1.59. The van der Waals surface area contributed by atoms with Crippen molar-refractivity contribution in [3.8, 4) is 0 Å². The molecule has 2 rings (SSSR count). The maximum Gasteiger partial charge on any atom is 0.409 e. The minimum Gasteiger partial charge on any atom is -0.449 e. The third-order valence-electron chi connectivity index (χ3n) is 5.55. The average molecular weight is 325 g/mol. The highest BCUT2D eigenvalue weighted by molar-refractivity contribution is 5.67. The van der Waals surface area contributed by atoms with Crippen LogP contribution in [0.5, 0.6) is 0 Å². The van der Waals surface area contributed by atoms with E-state index in [9.17, 15) is 4.79 Å². The maximum absolute atomic E-state index is 12.0. The second-order valence-corrected chi connectivity index (χ2v) is 7.88. The van der Waals surface area contributed by atoms with Crippen LogP contribution in [0.4, 0.5) is 4.79 Å². The highest BCUT2D eigenvalue weighted by atomic mass is 16.6. The maximum atomic E-state index is 12.0. The molecule has 0 atom stereocenters. The van der Waals surface area contributed by atoms with E-state index in [0.717, 1.165) is 37.8 Å². The normalized spacial score (nSPS) is 21.8. The molecule has 4 nitrogen and oxygen atoms in total.